The van der Waals surface area contributed by atoms with Crippen molar-refractivity contribution in [3.8, 4) is 0 Å². The number of carbonyl (C=O) groups excluding carboxylic acids is 1. The van der Waals surface area contributed by atoms with Gasteiger partial charge in [-0.1, -0.05) is 20.8 Å². The molecule has 0 amide bonds. The summed E-state index contributed by atoms with van der Waals surface area (Å²) in [5, 5.41) is 3.12. The van der Waals surface area contributed by atoms with Crippen molar-refractivity contribution >= 4 is 5.97 Å². The van der Waals surface area contributed by atoms with Crippen LogP contribution in [0.2, 0.25) is 0 Å². The van der Waals surface area contributed by atoms with Gasteiger partial charge in [-0.3, -0.25) is 4.79 Å². The quantitative estimate of drug-likeness (QED) is 0.679. The Balaban J connectivity index is 3.59. The van der Waals surface area contributed by atoms with Crippen molar-refractivity contribution in [1.82, 2.24) is 5.32 Å². The van der Waals surface area contributed by atoms with Crippen LogP contribution in [-0.2, 0) is 9.53 Å². The first-order chi connectivity index (χ1) is 5.87. The van der Waals surface area contributed by atoms with E-state index < -0.39 is 0 Å². The maximum absolute atomic E-state index is 11.0. The van der Waals surface area contributed by atoms with Crippen molar-refractivity contribution in [2.75, 3.05) is 13.7 Å². The van der Waals surface area contributed by atoms with Crippen LogP contribution in [0.25, 0.3) is 0 Å². The van der Waals surface area contributed by atoms with Gasteiger partial charge in [0.05, 0.1) is 7.11 Å². The fourth-order valence-corrected chi connectivity index (χ4v) is 0.924. The van der Waals surface area contributed by atoms with Gasteiger partial charge >= 0.3 is 5.97 Å². The molecule has 0 aromatic heterocycles. The molecule has 78 valence electrons. The van der Waals surface area contributed by atoms with Crippen molar-refractivity contribution in [2.45, 2.75) is 40.2 Å². The molecule has 0 aliphatic rings. The van der Waals surface area contributed by atoms with Gasteiger partial charge in [0.1, 0.15) is 6.04 Å². The number of ether oxygens (including phenoxy) is 1. The first-order valence-corrected chi connectivity index (χ1v) is 4.68. The fraction of sp³-hybridized carbons (Fsp3) is 0.900. The average molecular weight is 187 g/mol. The van der Waals surface area contributed by atoms with Gasteiger partial charge in [-0.05, 0) is 25.3 Å². The van der Waals surface area contributed by atoms with E-state index in [-0.39, 0.29) is 12.0 Å². The number of carbonyl (C=O) groups is 1. The summed E-state index contributed by atoms with van der Waals surface area (Å²) in [4.78, 5) is 11.0. The Kier molecular flexibility index (Phi) is 4.99. The van der Waals surface area contributed by atoms with Crippen LogP contribution >= 0.6 is 0 Å². The van der Waals surface area contributed by atoms with E-state index in [9.17, 15) is 4.79 Å². The minimum Gasteiger partial charge on any atom is -0.468 e. The molecule has 0 aliphatic heterocycles. The molecule has 0 spiro atoms. The van der Waals surface area contributed by atoms with Crippen LogP contribution in [-0.4, -0.2) is 25.7 Å². The van der Waals surface area contributed by atoms with Gasteiger partial charge < -0.3 is 10.1 Å². The highest BCUT2D eigenvalue weighted by atomic mass is 16.5. The lowest BCUT2D eigenvalue weighted by atomic mass is 9.92. The van der Waals surface area contributed by atoms with Gasteiger partial charge in [0.2, 0.25) is 0 Å². The van der Waals surface area contributed by atoms with E-state index in [1.165, 1.54) is 7.11 Å². The van der Waals surface area contributed by atoms with Crippen LogP contribution < -0.4 is 5.32 Å². The Labute approximate surface area is 80.8 Å². The largest absolute Gasteiger partial charge is 0.468 e. The second kappa shape index (κ2) is 5.22. The summed E-state index contributed by atoms with van der Waals surface area (Å²) in [7, 11) is 1.41. The Morgan fingerprint density at radius 1 is 1.46 bits per heavy atom. The third kappa shape index (κ3) is 6.58. The molecule has 0 saturated heterocycles. The van der Waals surface area contributed by atoms with Gasteiger partial charge in [0.25, 0.3) is 0 Å². The lowest BCUT2D eigenvalue weighted by molar-refractivity contribution is -0.142. The van der Waals surface area contributed by atoms with E-state index in [1.807, 2.05) is 6.92 Å². The van der Waals surface area contributed by atoms with E-state index in [0.29, 0.717) is 5.41 Å². The Morgan fingerprint density at radius 2 is 2.00 bits per heavy atom. The third-order valence-corrected chi connectivity index (χ3v) is 1.88. The minimum absolute atomic E-state index is 0.200. The average Bonchev–Trinajstić information content (AvgIpc) is 2.00. The van der Waals surface area contributed by atoms with Gasteiger partial charge in [-0.15, -0.1) is 0 Å². The molecule has 0 heterocycles. The first-order valence-electron chi connectivity index (χ1n) is 4.68. The molecule has 0 bridgehead atoms. The summed E-state index contributed by atoms with van der Waals surface area (Å²) in [6, 6.07) is -0.202. The van der Waals surface area contributed by atoms with Crippen molar-refractivity contribution in [2.24, 2.45) is 5.41 Å². The highest BCUT2D eigenvalue weighted by molar-refractivity contribution is 5.74. The summed E-state index contributed by atoms with van der Waals surface area (Å²) in [6.45, 7) is 9.20. The van der Waals surface area contributed by atoms with Crippen LogP contribution in [0.4, 0.5) is 0 Å². The van der Waals surface area contributed by atoms with E-state index in [1.54, 1.807) is 0 Å². The lowest BCUT2D eigenvalue weighted by Crippen LogP contribution is -2.36. The summed E-state index contributed by atoms with van der Waals surface area (Å²) >= 11 is 0. The molecule has 1 atom stereocenters. The van der Waals surface area contributed by atoms with Crippen LogP contribution in [0.5, 0.6) is 0 Å². The summed E-state index contributed by atoms with van der Waals surface area (Å²) < 4.78 is 4.59. The molecule has 0 aromatic carbocycles. The first kappa shape index (κ1) is 12.4. The Bertz CT molecular complexity index is 161. The highest BCUT2D eigenvalue weighted by Gasteiger charge is 2.14. The Morgan fingerprint density at radius 3 is 2.38 bits per heavy atom. The van der Waals surface area contributed by atoms with Crippen LogP contribution in [0, 0.1) is 5.41 Å². The van der Waals surface area contributed by atoms with E-state index in [0.717, 1.165) is 13.0 Å². The number of hydrogen-bond donors (Lipinski definition) is 1. The number of esters is 1. The predicted molar refractivity (Wildman–Crippen MR) is 53.6 cm³/mol. The number of rotatable bonds is 4. The summed E-state index contributed by atoms with van der Waals surface area (Å²) in [5.41, 5.74) is 0.308. The van der Waals surface area contributed by atoms with Gasteiger partial charge in [-0.25, -0.2) is 0 Å². The van der Waals surface area contributed by atoms with Crippen molar-refractivity contribution in [3.63, 3.8) is 0 Å². The zero-order valence-corrected chi connectivity index (χ0v) is 9.31. The molecule has 0 rings (SSSR count). The summed E-state index contributed by atoms with van der Waals surface area (Å²) in [6.07, 6.45) is 1.05. The zero-order chi connectivity index (χ0) is 10.5. The minimum atomic E-state index is -0.202. The molecule has 0 aliphatic carbocycles. The standard InChI is InChI=1S/C10H21NO2/c1-8(9(12)13-5)11-7-6-10(2,3)4/h8,11H,6-7H2,1-5H3/t8-/m0/s1. The molecule has 0 saturated carbocycles. The van der Waals surface area contributed by atoms with E-state index in [2.05, 4.69) is 30.8 Å². The molecule has 0 fully saturated rings. The molecule has 0 radical (unpaired) electrons. The molecule has 0 unspecified atom stereocenters. The van der Waals surface area contributed by atoms with Crippen molar-refractivity contribution in [3.05, 3.63) is 0 Å². The van der Waals surface area contributed by atoms with E-state index in [4.69, 9.17) is 0 Å². The smallest absolute Gasteiger partial charge is 0.322 e. The second-order valence-electron chi connectivity index (χ2n) is 4.51. The second-order valence-corrected chi connectivity index (χ2v) is 4.51. The molecule has 13 heavy (non-hydrogen) atoms. The SMILES string of the molecule is COC(=O)[C@H](C)NCCC(C)(C)C. The third-order valence-electron chi connectivity index (χ3n) is 1.88. The topological polar surface area (TPSA) is 38.3 Å². The van der Waals surface area contributed by atoms with Gasteiger partial charge in [0.15, 0.2) is 0 Å². The maximum Gasteiger partial charge on any atom is 0.322 e. The molecule has 3 nitrogen and oxygen atoms in total. The maximum atomic E-state index is 11.0. The molecular formula is C10H21NO2. The van der Waals surface area contributed by atoms with Crippen LogP contribution in [0.1, 0.15) is 34.1 Å². The number of methoxy groups -OCH3 is 1. The zero-order valence-electron chi connectivity index (χ0n) is 9.31. The summed E-state index contributed by atoms with van der Waals surface area (Å²) in [5.74, 6) is -0.200. The van der Waals surface area contributed by atoms with Crippen molar-refractivity contribution in [1.29, 1.82) is 0 Å². The molecule has 0 aromatic rings. The molecule has 1 N–H and O–H groups in total. The molecule has 3 heteroatoms. The van der Waals surface area contributed by atoms with Gasteiger partial charge in [0, 0.05) is 0 Å². The Hall–Kier alpha value is -0.570. The normalized spacial score (nSPS) is 13.9. The predicted octanol–water partition coefficient (Wildman–Crippen LogP) is 1.57. The van der Waals surface area contributed by atoms with Gasteiger partial charge in [-0.2, -0.15) is 0 Å². The highest BCUT2D eigenvalue weighted by Crippen LogP contribution is 2.16. The number of nitrogens with one attached hydrogen (secondary N) is 1. The van der Waals surface area contributed by atoms with Crippen molar-refractivity contribution < 1.29 is 9.53 Å². The molecular weight excluding hydrogens is 166 g/mol. The monoisotopic (exact) mass is 187 g/mol. The lowest BCUT2D eigenvalue weighted by Gasteiger charge is -2.19. The fourth-order valence-electron chi connectivity index (χ4n) is 0.924. The van der Waals surface area contributed by atoms with E-state index >= 15 is 0 Å². The van der Waals surface area contributed by atoms with Crippen LogP contribution in [0.15, 0.2) is 0 Å². The van der Waals surface area contributed by atoms with Crippen LogP contribution in [0.3, 0.4) is 0 Å². The number of hydrogen-bond acceptors (Lipinski definition) is 3.